The molecule has 0 heterocycles. The predicted molar refractivity (Wildman–Crippen MR) is 70.2 cm³/mol. The summed E-state index contributed by atoms with van der Waals surface area (Å²) >= 11 is 0. The van der Waals surface area contributed by atoms with E-state index in [4.69, 9.17) is 4.74 Å². The van der Waals surface area contributed by atoms with Crippen LogP contribution in [0.3, 0.4) is 0 Å². The van der Waals surface area contributed by atoms with Gasteiger partial charge in [0.2, 0.25) is 0 Å². The number of carbonyl (C=O) groups is 1. The van der Waals surface area contributed by atoms with E-state index in [2.05, 4.69) is 0 Å². The molecule has 0 aliphatic carbocycles. The van der Waals surface area contributed by atoms with Gasteiger partial charge in [-0.2, -0.15) is 0 Å². The number of hydrogen-bond donors (Lipinski definition) is 0. The lowest BCUT2D eigenvalue weighted by atomic mass is 10.0. The van der Waals surface area contributed by atoms with E-state index in [0.29, 0.717) is 12.0 Å². The number of ether oxygens (including phenoxy) is 1. The lowest BCUT2D eigenvalue weighted by Crippen LogP contribution is -2.17. The molecular formula is C15H20F2O2. The van der Waals surface area contributed by atoms with Gasteiger partial charge in [-0.05, 0) is 37.0 Å². The summed E-state index contributed by atoms with van der Waals surface area (Å²) in [6, 6.07) is 2.38. The highest BCUT2D eigenvalue weighted by molar-refractivity contribution is 5.90. The van der Waals surface area contributed by atoms with Crippen molar-refractivity contribution in [2.24, 2.45) is 0 Å². The smallest absolute Gasteiger partial charge is 0.344 e. The Morgan fingerprint density at radius 2 is 1.74 bits per heavy atom. The largest absolute Gasteiger partial charge is 0.459 e. The van der Waals surface area contributed by atoms with Crippen molar-refractivity contribution in [3.63, 3.8) is 0 Å². The molecular weight excluding hydrogens is 250 g/mol. The third-order valence-corrected chi connectivity index (χ3v) is 2.94. The molecule has 1 aromatic carbocycles. The van der Waals surface area contributed by atoms with Crippen LogP contribution in [-0.2, 0) is 4.74 Å². The summed E-state index contributed by atoms with van der Waals surface area (Å²) in [6.45, 7) is 7.31. The number of halogens is 2. The van der Waals surface area contributed by atoms with Gasteiger partial charge in [-0.15, -0.1) is 0 Å². The lowest BCUT2D eigenvalue weighted by molar-refractivity contribution is 0.0312. The molecule has 0 spiro atoms. The summed E-state index contributed by atoms with van der Waals surface area (Å²) < 4.78 is 32.7. The maximum atomic E-state index is 13.8. The van der Waals surface area contributed by atoms with E-state index in [1.54, 1.807) is 6.92 Å². The first-order chi connectivity index (χ1) is 8.86. The van der Waals surface area contributed by atoms with Crippen molar-refractivity contribution in [2.75, 3.05) is 0 Å². The second kappa shape index (κ2) is 6.64. The first-order valence-electron chi connectivity index (χ1n) is 6.56. The van der Waals surface area contributed by atoms with Gasteiger partial charge in [0.05, 0.1) is 6.10 Å². The molecule has 0 saturated heterocycles. The van der Waals surface area contributed by atoms with Crippen LogP contribution in [0.5, 0.6) is 0 Å². The molecule has 0 saturated carbocycles. The summed E-state index contributed by atoms with van der Waals surface area (Å²) in [7, 11) is 0. The highest BCUT2D eigenvalue weighted by Crippen LogP contribution is 2.22. The molecule has 1 aromatic rings. The molecule has 0 bridgehead atoms. The number of esters is 1. The zero-order chi connectivity index (χ0) is 14.6. The topological polar surface area (TPSA) is 26.3 Å². The van der Waals surface area contributed by atoms with Crippen molar-refractivity contribution < 1.29 is 18.3 Å². The van der Waals surface area contributed by atoms with Gasteiger partial charge in [0, 0.05) is 0 Å². The number of rotatable bonds is 5. The Bertz CT molecular complexity index is 432. The Hall–Kier alpha value is -1.45. The van der Waals surface area contributed by atoms with E-state index in [-0.39, 0.29) is 12.0 Å². The van der Waals surface area contributed by atoms with Crippen molar-refractivity contribution in [3.8, 4) is 0 Å². The first-order valence-corrected chi connectivity index (χ1v) is 6.56. The summed E-state index contributed by atoms with van der Waals surface area (Å²) in [6.07, 6.45) is 1.16. The monoisotopic (exact) mass is 270 g/mol. The second-order valence-corrected chi connectivity index (χ2v) is 5.02. The molecule has 1 rings (SSSR count). The van der Waals surface area contributed by atoms with Crippen LogP contribution in [0.2, 0.25) is 0 Å². The molecule has 0 fully saturated rings. The second-order valence-electron chi connectivity index (χ2n) is 5.02. The molecule has 0 aromatic heterocycles. The fraction of sp³-hybridized carbons (Fsp3) is 0.533. The summed E-state index contributed by atoms with van der Waals surface area (Å²) in [5.74, 6) is -2.67. The standard InChI is InChI=1S/C15H20F2O2/c1-5-6-10(4)19-15(18)14-12(16)7-11(9(2)3)8-13(14)17/h7-10H,5-6H2,1-4H3. The highest BCUT2D eigenvalue weighted by Gasteiger charge is 2.22. The molecule has 0 aliphatic heterocycles. The van der Waals surface area contributed by atoms with Crippen LogP contribution in [0.25, 0.3) is 0 Å². The first kappa shape index (κ1) is 15.6. The molecule has 106 valence electrons. The Kier molecular flexibility index (Phi) is 5.45. The van der Waals surface area contributed by atoms with Gasteiger partial charge >= 0.3 is 5.97 Å². The van der Waals surface area contributed by atoms with Crippen molar-refractivity contribution >= 4 is 5.97 Å². The van der Waals surface area contributed by atoms with E-state index >= 15 is 0 Å². The molecule has 1 atom stereocenters. The van der Waals surface area contributed by atoms with Crippen LogP contribution in [0.1, 0.15) is 62.4 Å². The van der Waals surface area contributed by atoms with Crippen LogP contribution in [0.15, 0.2) is 12.1 Å². The van der Waals surface area contributed by atoms with Crippen molar-refractivity contribution in [3.05, 3.63) is 34.9 Å². The number of carbonyl (C=O) groups excluding carboxylic acids is 1. The van der Waals surface area contributed by atoms with Crippen LogP contribution in [-0.4, -0.2) is 12.1 Å². The Balaban J connectivity index is 2.98. The summed E-state index contributed by atoms with van der Waals surface area (Å²) in [5.41, 5.74) is -0.0829. The van der Waals surface area contributed by atoms with Gasteiger partial charge in [-0.1, -0.05) is 27.2 Å². The van der Waals surface area contributed by atoms with Crippen LogP contribution < -0.4 is 0 Å². The minimum atomic E-state index is -0.939. The molecule has 0 radical (unpaired) electrons. The average Bonchev–Trinajstić information content (AvgIpc) is 2.27. The predicted octanol–water partition coefficient (Wildman–Crippen LogP) is 4.43. The normalized spacial score (nSPS) is 12.6. The number of benzene rings is 1. The minimum absolute atomic E-state index is 0.00640. The molecule has 1 unspecified atom stereocenters. The van der Waals surface area contributed by atoms with E-state index < -0.39 is 23.2 Å². The van der Waals surface area contributed by atoms with Crippen molar-refractivity contribution in [1.29, 1.82) is 0 Å². The lowest BCUT2D eigenvalue weighted by Gasteiger charge is -2.14. The van der Waals surface area contributed by atoms with Crippen LogP contribution >= 0.6 is 0 Å². The molecule has 2 nitrogen and oxygen atoms in total. The van der Waals surface area contributed by atoms with Gasteiger partial charge < -0.3 is 4.74 Å². The molecule has 0 aliphatic rings. The third-order valence-electron chi connectivity index (χ3n) is 2.94. The van der Waals surface area contributed by atoms with E-state index in [9.17, 15) is 13.6 Å². The minimum Gasteiger partial charge on any atom is -0.459 e. The molecule has 0 amide bonds. The fourth-order valence-corrected chi connectivity index (χ4v) is 1.83. The Labute approximate surface area is 112 Å². The van der Waals surface area contributed by atoms with Crippen LogP contribution in [0, 0.1) is 11.6 Å². The highest BCUT2D eigenvalue weighted by atomic mass is 19.1. The van der Waals surface area contributed by atoms with Gasteiger partial charge in [0.15, 0.2) is 0 Å². The van der Waals surface area contributed by atoms with Gasteiger partial charge in [0.25, 0.3) is 0 Å². The van der Waals surface area contributed by atoms with E-state index in [1.807, 2.05) is 20.8 Å². The van der Waals surface area contributed by atoms with Gasteiger partial charge in [-0.25, -0.2) is 13.6 Å². The SMILES string of the molecule is CCCC(C)OC(=O)c1c(F)cc(C(C)C)cc1F. The van der Waals surface area contributed by atoms with Crippen molar-refractivity contribution in [1.82, 2.24) is 0 Å². The Morgan fingerprint density at radius 3 is 2.16 bits per heavy atom. The third kappa shape index (κ3) is 4.01. The van der Waals surface area contributed by atoms with E-state index in [1.165, 1.54) is 12.1 Å². The summed E-state index contributed by atoms with van der Waals surface area (Å²) in [4.78, 5) is 11.8. The van der Waals surface area contributed by atoms with Crippen LogP contribution in [0.4, 0.5) is 8.78 Å². The summed E-state index contributed by atoms with van der Waals surface area (Å²) in [5, 5.41) is 0. The zero-order valence-corrected chi connectivity index (χ0v) is 11.8. The fourth-order valence-electron chi connectivity index (χ4n) is 1.83. The molecule has 0 N–H and O–H groups in total. The quantitative estimate of drug-likeness (QED) is 0.740. The number of hydrogen-bond acceptors (Lipinski definition) is 2. The maximum Gasteiger partial charge on any atom is 0.344 e. The molecule has 19 heavy (non-hydrogen) atoms. The van der Waals surface area contributed by atoms with E-state index in [0.717, 1.165) is 6.42 Å². The van der Waals surface area contributed by atoms with Crippen molar-refractivity contribution in [2.45, 2.75) is 52.6 Å². The zero-order valence-electron chi connectivity index (χ0n) is 11.8. The maximum absolute atomic E-state index is 13.8. The molecule has 4 heteroatoms. The van der Waals surface area contributed by atoms with Gasteiger partial charge in [-0.3, -0.25) is 0 Å². The van der Waals surface area contributed by atoms with Gasteiger partial charge in [0.1, 0.15) is 17.2 Å². The average molecular weight is 270 g/mol. The Morgan fingerprint density at radius 1 is 1.21 bits per heavy atom.